The molecule has 1 aliphatic rings. The number of hydrogen-bond donors (Lipinski definition) is 0. The van der Waals surface area contributed by atoms with Crippen LogP contribution in [0.1, 0.15) is 33.5 Å². The van der Waals surface area contributed by atoms with Gasteiger partial charge >= 0.3 is 0 Å². The van der Waals surface area contributed by atoms with E-state index in [4.69, 9.17) is 23.2 Å². The maximum atomic E-state index is 14.1. The zero-order chi connectivity index (χ0) is 25.8. The molecule has 1 aliphatic heterocycles. The molecule has 1 amide bonds. The topological polar surface area (TPSA) is 104 Å². The molecule has 3 heterocycles. The van der Waals surface area contributed by atoms with Gasteiger partial charge in [0.1, 0.15) is 17.4 Å². The van der Waals surface area contributed by atoms with E-state index in [0.717, 1.165) is 10.8 Å². The van der Waals surface area contributed by atoms with Gasteiger partial charge in [0.25, 0.3) is 5.91 Å². The van der Waals surface area contributed by atoms with Gasteiger partial charge in [0, 0.05) is 17.0 Å². The number of benzene rings is 3. The van der Waals surface area contributed by atoms with Crippen molar-refractivity contribution in [2.75, 3.05) is 26.2 Å². The predicted octanol–water partition coefficient (Wildman–Crippen LogP) is 5.02. The maximum Gasteiger partial charge on any atom is 0.296 e. The average molecular weight is 498 g/mol. The first-order valence-electron chi connectivity index (χ1n) is 11.5. The molecular formula is C28H22N2O7. The lowest BCUT2D eigenvalue weighted by molar-refractivity contribution is 0.0969. The largest absolute Gasteiger partial charge is 0.493 e. The summed E-state index contributed by atoms with van der Waals surface area (Å²) < 4.78 is 28.3. The number of carbonyl (C=O) groups is 1. The Labute approximate surface area is 210 Å². The Morgan fingerprint density at radius 2 is 1.68 bits per heavy atom. The molecular weight excluding hydrogens is 476 g/mol. The molecule has 9 nitrogen and oxygen atoms in total. The Balaban J connectivity index is 1.71. The summed E-state index contributed by atoms with van der Waals surface area (Å²) in [5, 5.41) is 6.08. The van der Waals surface area contributed by atoms with Gasteiger partial charge in [-0.1, -0.05) is 35.5 Å². The van der Waals surface area contributed by atoms with Gasteiger partial charge in [-0.05, 0) is 30.5 Å². The van der Waals surface area contributed by atoms with Gasteiger partial charge in [-0.25, -0.2) is 0 Å². The highest BCUT2D eigenvalue weighted by atomic mass is 16.5. The predicted molar refractivity (Wildman–Crippen MR) is 136 cm³/mol. The highest BCUT2D eigenvalue weighted by molar-refractivity contribution is 6.12. The molecule has 0 saturated carbocycles. The van der Waals surface area contributed by atoms with Crippen molar-refractivity contribution in [2.24, 2.45) is 0 Å². The Hall–Kier alpha value is -4.79. The monoisotopic (exact) mass is 498 g/mol. The maximum absolute atomic E-state index is 14.1. The number of methoxy groups -OCH3 is 3. The Kier molecular flexibility index (Phi) is 5.15. The Morgan fingerprint density at radius 3 is 2.38 bits per heavy atom. The molecule has 0 spiro atoms. The van der Waals surface area contributed by atoms with Crippen molar-refractivity contribution in [3.8, 4) is 17.2 Å². The van der Waals surface area contributed by atoms with Crippen LogP contribution in [0.5, 0.6) is 17.2 Å². The lowest BCUT2D eigenvalue weighted by atomic mass is 9.96. The number of amides is 1. The fraction of sp³-hybridized carbons (Fsp3) is 0.179. The molecule has 0 radical (unpaired) electrons. The minimum absolute atomic E-state index is 0.0589. The fourth-order valence-electron chi connectivity index (χ4n) is 5.04. The highest BCUT2D eigenvalue weighted by Crippen LogP contribution is 2.49. The van der Waals surface area contributed by atoms with Crippen molar-refractivity contribution >= 4 is 33.5 Å². The Bertz CT molecular complexity index is 1770. The Morgan fingerprint density at radius 1 is 0.892 bits per heavy atom. The van der Waals surface area contributed by atoms with E-state index in [0.29, 0.717) is 39.5 Å². The van der Waals surface area contributed by atoms with E-state index < -0.39 is 11.9 Å². The number of carbonyl (C=O) groups excluding carboxylic acids is 1. The van der Waals surface area contributed by atoms with Crippen molar-refractivity contribution < 1.29 is 27.9 Å². The zero-order valence-electron chi connectivity index (χ0n) is 20.5. The first-order valence-corrected chi connectivity index (χ1v) is 11.5. The second-order valence-corrected chi connectivity index (χ2v) is 8.63. The number of nitrogens with zero attached hydrogens (tertiary/aromatic N) is 2. The molecule has 37 heavy (non-hydrogen) atoms. The summed E-state index contributed by atoms with van der Waals surface area (Å²) in [5.41, 5.74) is 0.714. The minimum Gasteiger partial charge on any atom is -0.493 e. The molecule has 186 valence electrons. The summed E-state index contributed by atoms with van der Waals surface area (Å²) in [6, 6.07) is 15.3. The summed E-state index contributed by atoms with van der Waals surface area (Å²) in [6.45, 7) is 1.72. The highest BCUT2D eigenvalue weighted by Gasteiger charge is 2.46. The van der Waals surface area contributed by atoms with Gasteiger partial charge in [-0.15, -0.1) is 0 Å². The van der Waals surface area contributed by atoms with Crippen LogP contribution in [0.15, 0.2) is 68.3 Å². The number of rotatable bonds is 5. The van der Waals surface area contributed by atoms with Gasteiger partial charge in [0.05, 0.1) is 32.3 Å². The number of aromatic nitrogens is 1. The van der Waals surface area contributed by atoms with Crippen LogP contribution in [0.25, 0.3) is 21.7 Å². The molecule has 9 heteroatoms. The first kappa shape index (κ1) is 22.7. The smallest absolute Gasteiger partial charge is 0.296 e. The van der Waals surface area contributed by atoms with Crippen LogP contribution in [-0.2, 0) is 0 Å². The molecule has 6 rings (SSSR count). The summed E-state index contributed by atoms with van der Waals surface area (Å²) in [5.74, 6) is 1.25. The normalized spacial score (nSPS) is 14.9. The van der Waals surface area contributed by atoms with Gasteiger partial charge in [-0.3, -0.25) is 14.5 Å². The van der Waals surface area contributed by atoms with Crippen molar-refractivity contribution in [1.29, 1.82) is 0 Å². The molecule has 1 atom stereocenters. The van der Waals surface area contributed by atoms with Gasteiger partial charge in [0.15, 0.2) is 22.7 Å². The number of aryl methyl sites for hydroxylation is 1. The van der Waals surface area contributed by atoms with Crippen molar-refractivity contribution in [3.05, 3.63) is 87.5 Å². The number of ether oxygens (including phenoxy) is 3. The summed E-state index contributed by atoms with van der Waals surface area (Å²) >= 11 is 0. The molecule has 0 unspecified atom stereocenters. The van der Waals surface area contributed by atoms with E-state index in [-0.39, 0.29) is 22.6 Å². The molecule has 0 saturated heterocycles. The van der Waals surface area contributed by atoms with Crippen LogP contribution in [0.2, 0.25) is 0 Å². The van der Waals surface area contributed by atoms with E-state index in [9.17, 15) is 9.59 Å². The molecule has 0 N–H and O–H groups in total. The molecule has 0 aliphatic carbocycles. The van der Waals surface area contributed by atoms with Crippen LogP contribution in [0.4, 0.5) is 5.82 Å². The van der Waals surface area contributed by atoms with Crippen molar-refractivity contribution in [2.45, 2.75) is 13.0 Å². The molecule has 2 aromatic heterocycles. The number of fused-ring (bicyclic) bond motifs is 4. The van der Waals surface area contributed by atoms with Crippen LogP contribution in [0.3, 0.4) is 0 Å². The number of hydrogen-bond acceptors (Lipinski definition) is 8. The third-order valence-electron chi connectivity index (χ3n) is 6.65. The third-order valence-corrected chi connectivity index (χ3v) is 6.65. The van der Waals surface area contributed by atoms with Gasteiger partial charge < -0.3 is 23.2 Å². The minimum atomic E-state index is -0.922. The van der Waals surface area contributed by atoms with Crippen LogP contribution >= 0.6 is 0 Å². The average Bonchev–Trinajstić information content (AvgIpc) is 3.48. The van der Waals surface area contributed by atoms with E-state index in [2.05, 4.69) is 5.16 Å². The lowest BCUT2D eigenvalue weighted by Gasteiger charge is -2.25. The van der Waals surface area contributed by atoms with E-state index in [1.54, 1.807) is 31.2 Å². The van der Waals surface area contributed by atoms with Gasteiger partial charge in [-0.2, -0.15) is 0 Å². The molecule has 3 aromatic carbocycles. The number of anilines is 1. The van der Waals surface area contributed by atoms with Crippen LogP contribution in [0, 0.1) is 6.92 Å². The summed E-state index contributed by atoms with van der Waals surface area (Å²) in [4.78, 5) is 29.4. The lowest BCUT2D eigenvalue weighted by Crippen LogP contribution is -2.30. The molecule has 0 fully saturated rings. The van der Waals surface area contributed by atoms with Crippen molar-refractivity contribution in [1.82, 2.24) is 5.16 Å². The van der Waals surface area contributed by atoms with E-state index in [1.807, 2.05) is 30.3 Å². The summed E-state index contributed by atoms with van der Waals surface area (Å²) in [7, 11) is 4.49. The second kappa shape index (κ2) is 8.41. The SMILES string of the molecule is COc1ccc([C@@H]2c3c(oc4c(ccc5ccccc54)c3=O)C(=O)N2c2cc(C)on2)c(OC)c1OC. The standard InChI is InChI=1S/C28H22N2O7/c1-14-13-20(29-37-14)30-22(17-11-12-19(33-2)26(35-4)25(17)34-3)21-23(31)18-10-9-15-7-5-6-8-16(15)24(18)36-27(21)28(30)32/h5-13,22H,1-4H3/t22-/m1/s1. The summed E-state index contributed by atoms with van der Waals surface area (Å²) in [6.07, 6.45) is 0. The molecule has 0 bridgehead atoms. The van der Waals surface area contributed by atoms with E-state index >= 15 is 0 Å². The van der Waals surface area contributed by atoms with Crippen molar-refractivity contribution in [3.63, 3.8) is 0 Å². The van der Waals surface area contributed by atoms with E-state index in [1.165, 1.54) is 26.2 Å². The zero-order valence-corrected chi connectivity index (χ0v) is 20.5. The quantitative estimate of drug-likeness (QED) is 0.311. The third kappa shape index (κ3) is 3.20. The fourth-order valence-corrected chi connectivity index (χ4v) is 5.04. The molecule has 5 aromatic rings. The first-order chi connectivity index (χ1) is 18.0. The second-order valence-electron chi connectivity index (χ2n) is 8.63. The van der Waals surface area contributed by atoms with Gasteiger partial charge in [0.2, 0.25) is 11.5 Å². The van der Waals surface area contributed by atoms with Crippen LogP contribution < -0.4 is 24.5 Å². The van der Waals surface area contributed by atoms with Crippen LogP contribution in [-0.4, -0.2) is 32.4 Å².